The van der Waals surface area contributed by atoms with Gasteiger partial charge in [-0.2, -0.15) is 0 Å². The number of halogens is 1. The number of carbonyl (C=O) groups excluding carboxylic acids is 1. The molecular weight excluding hydrogens is 375 g/mol. The van der Waals surface area contributed by atoms with Crippen LogP contribution in [0.25, 0.3) is 0 Å². The van der Waals surface area contributed by atoms with Gasteiger partial charge in [0, 0.05) is 4.83 Å². The quantitative estimate of drug-likeness (QED) is 0.328. The third-order valence-corrected chi connectivity index (χ3v) is 3.58. The van der Waals surface area contributed by atoms with Gasteiger partial charge in [-0.25, -0.2) is 0 Å². The van der Waals surface area contributed by atoms with Crippen molar-refractivity contribution in [3.05, 3.63) is 35.9 Å². The van der Waals surface area contributed by atoms with E-state index < -0.39 is 5.41 Å². The average molecular weight is 395 g/mol. The minimum absolute atomic E-state index is 0.0561. The van der Waals surface area contributed by atoms with Crippen molar-refractivity contribution in [2.24, 2.45) is 5.41 Å². The van der Waals surface area contributed by atoms with Gasteiger partial charge in [0.05, 0.1) is 12.0 Å². The van der Waals surface area contributed by atoms with Gasteiger partial charge in [0.2, 0.25) is 7.66 Å². The first-order valence-electron chi connectivity index (χ1n) is 6.33. The monoisotopic (exact) mass is 394 g/mol. The number of thiol groups is 1. The molecule has 0 saturated heterocycles. The van der Waals surface area contributed by atoms with Crippen LogP contribution in [0.1, 0.15) is 30.7 Å². The maximum Gasteiger partial charge on any atom is 0.311 e. The van der Waals surface area contributed by atoms with Gasteiger partial charge >= 0.3 is 5.97 Å². The van der Waals surface area contributed by atoms with Crippen molar-refractivity contribution in [3.8, 4) is 0 Å². The van der Waals surface area contributed by atoms with Crippen molar-refractivity contribution >= 4 is 41.8 Å². The lowest BCUT2D eigenvalue weighted by Crippen LogP contribution is -2.28. The topological polar surface area (TPSA) is 63.6 Å². The highest BCUT2D eigenvalue weighted by Gasteiger charge is 2.32. The first-order valence-corrected chi connectivity index (χ1v) is 9.21. The molecule has 0 radical (unpaired) electrons. The van der Waals surface area contributed by atoms with Crippen molar-refractivity contribution in [2.45, 2.75) is 25.1 Å². The molecule has 21 heavy (non-hydrogen) atoms. The molecule has 1 atom stereocenters. The molecule has 0 saturated carbocycles. The number of carbonyl (C=O) groups is 1. The standard InChI is InChI=1S/C14H19BrO3.HOPS/c1-14(2,13(17)18-9-8-16)10-12(15)11-6-4-3-5-7-11;1-2-3/h3-7,12,16H,8-10H2,1-2H3;(H,1,3). The van der Waals surface area contributed by atoms with Crippen LogP contribution in [0, 0.1) is 5.41 Å². The molecule has 118 valence electrons. The minimum Gasteiger partial charge on any atom is -0.463 e. The van der Waals surface area contributed by atoms with E-state index in [9.17, 15) is 4.79 Å². The first kappa shape index (κ1) is 20.6. The molecule has 0 amide bonds. The normalized spacial score (nSPS) is 12.2. The summed E-state index contributed by atoms with van der Waals surface area (Å²) in [4.78, 5) is 11.9. The summed E-state index contributed by atoms with van der Waals surface area (Å²) in [6.07, 6.45) is 0.640. The maximum atomic E-state index is 11.8. The van der Waals surface area contributed by atoms with Crippen molar-refractivity contribution < 1.29 is 19.2 Å². The zero-order chi connectivity index (χ0) is 16.3. The van der Waals surface area contributed by atoms with Gasteiger partial charge in [-0.1, -0.05) is 58.5 Å². The van der Waals surface area contributed by atoms with Gasteiger partial charge < -0.3 is 9.84 Å². The summed E-state index contributed by atoms with van der Waals surface area (Å²) in [5.41, 5.74) is 0.555. The minimum atomic E-state index is -0.584. The fourth-order valence-corrected chi connectivity index (χ4v) is 2.76. The van der Waals surface area contributed by atoms with Crippen LogP contribution in [0.4, 0.5) is 0 Å². The van der Waals surface area contributed by atoms with E-state index in [4.69, 9.17) is 14.4 Å². The number of rotatable bonds is 6. The Kier molecular flexibility index (Phi) is 11.0. The lowest BCUT2D eigenvalue weighted by molar-refractivity contribution is -0.155. The van der Waals surface area contributed by atoms with Gasteiger partial charge in [-0.05, 0) is 25.8 Å². The highest BCUT2D eigenvalue weighted by Crippen LogP contribution is 2.36. The number of hydrogen-bond donors (Lipinski definition) is 2. The summed E-state index contributed by atoms with van der Waals surface area (Å²) in [5.74, 6) is -0.281. The van der Waals surface area contributed by atoms with E-state index in [0.717, 1.165) is 5.56 Å². The number of alkyl halides is 1. The molecule has 0 spiro atoms. The number of aliphatic hydroxyl groups excluding tert-OH is 1. The molecule has 0 aliphatic rings. The summed E-state index contributed by atoms with van der Waals surface area (Å²) in [6, 6.07) is 9.95. The van der Waals surface area contributed by atoms with Gasteiger partial charge in [-0.3, -0.25) is 9.36 Å². The Hall–Kier alpha value is -0.420. The highest BCUT2D eigenvalue weighted by molar-refractivity contribution is 9.09. The Morgan fingerprint density at radius 1 is 1.43 bits per heavy atom. The highest BCUT2D eigenvalue weighted by atomic mass is 79.9. The second-order valence-electron chi connectivity index (χ2n) is 4.91. The van der Waals surface area contributed by atoms with E-state index in [-0.39, 0.29) is 31.7 Å². The smallest absolute Gasteiger partial charge is 0.311 e. The molecule has 0 aliphatic carbocycles. The first-order chi connectivity index (χ1) is 9.88. The van der Waals surface area contributed by atoms with Crippen molar-refractivity contribution in [3.63, 3.8) is 0 Å². The Labute approximate surface area is 140 Å². The van der Waals surface area contributed by atoms with Crippen LogP contribution in [-0.2, 0) is 14.1 Å². The van der Waals surface area contributed by atoms with Gasteiger partial charge in [-0.15, -0.1) is 0 Å². The van der Waals surface area contributed by atoms with E-state index in [1.807, 2.05) is 44.2 Å². The molecule has 1 aromatic carbocycles. The van der Waals surface area contributed by atoms with Crippen molar-refractivity contribution in [2.75, 3.05) is 13.2 Å². The van der Waals surface area contributed by atoms with Crippen LogP contribution in [0.5, 0.6) is 0 Å². The number of ether oxygens (including phenoxy) is 1. The number of benzene rings is 1. The van der Waals surface area contributed by atoms with Crippen LogP contribution in [0.2, 0.25) is 0 Å². The lowest BCUT2D eigenvalue weighted by atomic mass is 9.86. The second kappa shape index (κ2) is 11.2. The molecule has 1 aromatic rings. The SMILES string of the molecule is CC(C)(CC(Br)c1ccccc1)C(=O)OCCO.O=PS. The predicted molar refractivity (Wildman–Crippen MR) is 91.1 cm³/mol. The Morgan fingerprint density at radius 3 is 2.43 bits per heavy atom. The van der Waals surface area contributed by atoms with Crippen LogP contribution >= 0.6 is 35.8 Å². The van der Waals surface area contributed by atoms with Gasteiger partial charge in [0.1, 0.15) is 6.61 Å². The molecule has 1 rings (SSSR count). The third kappa shape index (κ3) is 8.57. The molecule has 0 aliphatic heterocycles. The summed E-state index contributed by atoms with van der Waals surface area (Å²) >= 11 is 6.81. The van der Waals surface area contributed by atoms with Crippen LogP contribution < -0.4 is 0 Å². The van der Waals surface area contributed by atoms with Crippen LogP contribution in [-0.4, -0.2) is 24.3 Å². The Bertz CT molecular complexity index is 428. The molecule has 1 unspecified atom stereocenters. The average Bonchev–Trinajstić information content (AvgIpc) is 2.46. The number of hydrogen-bond acceptors (Lipinski definition) is 4. The molecule has 7 heteroatoms. The van der Waals surface area contributed by atoms with E-state index in [0.29, 0.717) is 6.42 Å². The van der Waals surface area contributed by atoms with E-state index in [1.165, 1.54) is 0 Å². The molecular formula is C14H20BrO4PS. The molecule has 4 nitrogen and oxygen atoms in total. The maximum absolute atomic E-state index is 11.8. The predicted octanol–water partition coefficient (Wildman–Crippen LogP) is 4.20. The third-order valence-electron chi connectivity index (χ3n) is 2.73. The number of aliphatic hydroxyl groups is 1. The van der Waals surface area contributed by atoms with Gasteiger partial charge in [0.25, 0.3) is 0 Å². The fraction of sp³-hybridized carbons (Fsp3) is 0.500. The van der Waals surface area contributed by atoms with Crippen molar-refractivity contribution in [1.82, 2.24) is 0 Å². The summed E-state index contributed by atoms with van der Waals surface area (Å²) < 4.78 is 13.7. The van der Waals surface area contributed by atoms with E-state index in [1.54, 1.807) is 0 Å². The zero-order valence-electron chi connectivity index (χ0n) is 12.0. The van der Waals surface area contributed by atoms with E-state index >= 15 is 0 Å². The number of esters is 1. The lowest BCUT2D eigenvalue weighted by Gasteiger charge is -2.25. The largest absolute Gasteiger partial charge is 0.463 e. The summed E-state index contributed by atoms with van der Waals surface area (Å²) in [6.45, 7) is 3.62. The van der Waals surface area contributed by atoms with E-state index in [2.05, 4.69) is 28.2 Å². The molecule has 0 aromatic heterocycles. The fourth-order valence-electron chi connectivity index (χ4n) is 1.64. The summed E-state index contributed by atoms with van der Waals surface area (Å²) in [5, 5.41) is 8.65. The molecule has 0 heterocycles. The van der Waals surface area contributed by atoms with Gasteiger partial charge in [0.15, 0.2) is 0 Å². The molecule has 0 bridgehead atoms. The second-order valence-corrected chi connectivity index (χ2v) is 6.67. The molecule has 0 fully saturated rings. The summed E-state index contributed by atoms with van der Waals surface area (Å²) in [7, 11) is -0.139. The molecule has 1 N–H and O–H groups in total. The van der Waals surface area contributed by atoms with Crippen LogP contribution in [0.3, 0.4) is 0 Å². The van der Waals surface area contributed by atoms with Crippen LogP contribution in [0.15, 0.2) is 30.3 Å². The Balaban J connectivity index is 0.00000122. The van der Waals surface area contributed by atoms with Crippen molar-refractivity contribution in [1.29, 1.82) is 0 Å². The Morgan fingerprint density at radius 2 is 1.95 bits per heavy atom. The zero-order valence-corrected chi connectivity index (χ0v) is 15.4.